The Morgan fingerprint density at radius 1 is 0.850 bits per heavy atom. The van der Waals surface area contributed by atoms with E-state index in [1.807, 2.05) is 54.6 Å². The van der Waals surface area contributed by atoms with E-state index in [0.29, 0.717) is 12.7 Å². The predicted octanol–water partition coefficient (Wildman–Crippen LogP) is 2.14. The third-order valence-electron chi connectivity index (χ3n) is 3.35. The number of hydrogen-bond acceptors (Lipinski definition) is 2. The van der Waals surface area contributed by atoms with E-state index in [9.17, 15) is 10.1 Å². The molecule has 20 heavy (non-hydrogen) atoms. The largest absolute Gasteiger partial charge is 0.276 e. The fraction of sp³-hybridized carbons (Fsp3) is 0. The number of nitrogens with zero attached hydrogens (tertiary/aromatic N) is 1. The van der Waals surface area contributed by atoms with Gasteiger partial charge in [-0.25, -0.2) is 0 Å². The second kappa shape index (κ2) is 5.17. The van der Waals surface area contributed by atoms with Gasteiger partial charge in [0.05, 0.1) is 10.3 Å². The molecule has 0 N–H and O–H groups in total. The van der Waals surface area contributed by atoms with Gasteiger partial charge in [-0.3, -0.25) is 10.1 Å². The van der Waals surface area contributed by atoms with Crippen LogP contribution in [0.2, 0.25) is 0 Å². The van der Waals surface area contributed by atoms with E-state index in [4.69, 9.17) is 0 Å². The van der Waals surface area contributed by atoms with Gasteiger partial charge in [0, 0.05) is 6.07 Å². The molecule has 4 heteroatoms. The first-order valence-electron chi connectivity index (χ1n) is 6.44. The van der Waals surface area contributed by atoms with Gasteiger partial charge in [-0.2, -0.15) is 0 Å². The van der Waals surface area contributed by atoms with E-state index in [0.717, 1.165) is 16.3 Å². The third kappa shape index (κ3) is 2.40. The molecule has 0 radical (unpaired) electrons. The molecule has 0 aliphatic heterocycles. The first-order valence-corrected chi connectivity index (χ1v) is 6.44. The molecular formula is C16H12BNO2. The van der Waals surface area contributed by atoms with Gasteiger partial charge in [0.25, 0.3) is 5.69 Å². The second-order valence-corrected chi connectivity index (χ2v) is 4.76. The Morgan fingerprint density at radius 3 is 2.30 bits per heavy atom. The number of benzene rings is 3. The molecule has 0 saturated carbocycles. The molecule has 0 fully saturated rings. The second-order valence-electron chi connectivity index (χ2n) is 4.76. The smallest absolute Gasteiger partial charge is 0.258 e. The number of rotatable bonds is 3. The standard InChI is InChI=1S/C16H12BNO2/c19-18(20)16-11-14(17-13-7-2-1-3-8-13)10-12-6-4-5-9-15(12)16/h1-11,17H. The minimum atomic E-state index is -0.309. The zero-order chi connectivity index (χ0) is 13.9. The van der Waals surface area contributed by atoms with Crippen LogP contribution in [0.3, 0.4) is 0 Å². The molecule has 0 amide bonds. The number of hydrogen-bond donors (Lipinski definition) is 0. The fourth-order valence-electron chi connectivity index (χ4n) is 2.44. The molecule has 3 rings (SSSR count). The van der Waals surface area contributed by atoms with E-state index < -0.39 is 0 Å². The molecule has 0 atom stereocenters. The number of nitro groups is 1. The predicted molar refractivity (Wildman–Crippen MR) is 83.5 cm³/mol. The summed E-state index contributed by atoms with van der Waals surface area (Å²) in [5.41, 5.74) is 2.28. The lowest BCUT2D eigenvalue weighted by Gasteiger charge is -2.04. The van der Waals surface area contributed by atoms with Crippen molar-refractivity contribution < 1.29 is 4.92 Å². The van der Waals surface area contributed by atoms with Gasteiger partial charge in [-0.05, 0) is 11.5 Å². The Hall–Kier alpha value is -2.62. The summed E-state index contributed by atoms with van der Waals surface area (Å²) in [5.74, 6) is 0. The summed E-state index contributed by atoms with van der Waals surface area (Å²) in [7, 11) is 0.701. The maximum absolute atomic E-state index is 11.2. The first-order chi connectivity index (χ1) is 9.74. The molecule has 0 saturated heterocycles. The number of fused-ring (bicyclic) bond motifs is 1. The Bertz CT molecular complexity index is 772. The van der Waals surface area contributed by atoms with Crippen LogP contribution < -0.4 is 10.9 Å². The zero-order valence-electron chi connectivity index (χ0n) is 10.8. The van der Waals surface area contributed by atoms with E-state index >= 15 is 0 Å². The summed E-state index contributed by atoms with van der Waals surface area (Å²) in [6.45, 7) is 0. The average Bonchev–Trinajstić information content (AvgIpc) is 2.47. The van der Waals surface area contributed by atoms with Crippen molar-refractivity contribution in [3.05, 3.63) is 76.8 Å². The van der Waals surface area contributed by atoms with Crippen LogP contribution in [0.5, 0.6) is 0 Å². The van der Waals surface area contributed by atoms with Crippen molar-refractivity contribution in [1.82, 2.24) is 0 Å². The lowest BCUT2D eigenvalue weighted by atomic mass is 9.63. The third-order valence-corrected chi connectivity index (χ3v) is 3.35. The SMILES string of the molecule is O=[N+]([O-])c1cc(Bc2ccccc2)cc2ccccc12. The van der Waals surface area contributed by atoms with Gasteiger partial charge >= 0.3 is 0 Å². The molecule has 0 aromatic heterocycles. The van der Waals surface area contributed by atoms with Gasteiger partial charge in [-0.1, -0.05) is 65.5 Å². The van der Waals surface area contributed by atoms with Gasteiger partial charge in [-0.15, -0.1) is 0 Å². The lowest BCUT2D eigenvalue weighted by Crippen LogP contribution is -2.26. The quantitative estimate of drug-likeness (QED) is 0.412. The summed E-state index contributed by atoms with van der Waals surface area (Å²) in [6.07, 6.45) is 0. The Labute approximate surface area is 117 Å². The van der Waals surface area contributed by atoms with Crippen molar-refractivity contribution in [2.75, 3.05) is 0 Å². The molecule has 0 heterocycles. The van der Waals surface area contributed by atoms with E-state index in [1.54, 1.807) is 12.1 Å². The van der Waals surface area contributed by atoms with Crippen molar-refractivity contribution in [1.29, 1.82) is 0 Å². The van der Waals surface area contributed by atoms with Crippen LogP contribution in [0.25, 0.3) is 10.8 Å². The van der Waals surface area contributed by atoms with Gasteiger partial charge < -0.3 is 0 Å². The van der Waals surface area contributed by atoms with Crippen LogP contribution in [-0.4, -0.2) is 12.2 Å². The zero-order valence-corrected chi connectivity index (χ0v) is 10.8. The van der Waals surface area contributed by atoms with Crippen molar-refractivity contribution >= 4 is 34.7 Å². The van der Waals surface area contributed by atoms with Crippen LogP contribution in [-0.2, 0) is 0 Å². The van der Waals surface area contributed by atoms with Crippen LogP contribution in [0.15, 0.2) is 66.7 Å². The molecule has 3 nitrogen and oxygen atoms in total. The van der Waals surface area contributed by atoms with E-state index in [1.165, 1.54) is 0 Å². The summed E-state index contributed by atoms with van der Waals surface area (Å²) < 4.78 is 0. The van der Waals surface area contributed by atoms with Crippen LogP contribution in [0.1, 0.15) is 0 Å². The topological polar surface area (TPSA) is 43.1 Å². The summed E-state index contributed by atoms with van der Waals surface area (Å²) >= 11 is 0. The van der Waals surface area contributed by atoms with Crippen LogP contribution in [0.4, 0.5) is 5.69 Å². The van der Waals surface area contributed by atoms with Crippen molar-refractivity contribution in [3.8, 4) is 0 Å². The van der Waals surface area contributed by atoms with E-state index in [2.05, 4.69) is 0 Å². The van der Waals surface area contributed by atoms with Gasteiger partial charge in [0.1, 0.15) is 0 Å². The molecule has 0 aliphatic carbocycles. The Morgan fingerprint density at radius 2 is 1.55 bits per heavy atom. The fourth-order valence-corrected chi connectivity index (χ4v) is 2.44. The Kier molecular flexibility index (Phi) is 3.21. The highest BCUT2D eigenvalue weighted by atomic mass is 16.6. The summed E-state index contributed by atoms with van der Waals surface area (Å²) in [5, 5.41) is 12.8. The highest BCUT2D eigenvalue weighted by molar-refractivity contribution is 6.67. The summed E-state index contributed by atoms with van der Waals surface area (Å²) in [6, 6.07) is 21.1. The molecule has 96 valence electrons. The molecule has 0 unspecified atom stereocenters. The maximum atomic E-state index is 11.2. The number of non-ortho nitro benzene ring substituents is 1. The van der Waals surface area contributed by atoms with Crippen molar-refractivity contribution in [2.45, 2.75) is 0 Å². The Balaban J connectivity index is 2.10. The first kappa shape index (κ1) is 12.4. The molecule has 0 spiro atoms. The molecule has 3 aromatic rings. The average molecular weight is 261 g/mol. The van der Waals surface area contributed by atoms with E-state index in [-0.39, 0.29) is 10.6 Å². The normalized spacial score (nSPS) is 10.4. The van der Waals surface area contributed by atoms with Gasteiger partial charge in [0.2, 0.25) is 0 Å². The highest BCUT2D eigenvalue weighted by Gasteiger charge is 2.13. The molecule has 0 aliphatic rings. The molecular weight excluding hydrogens is 249 g/mol. The number of nitro benzene ring substituents is 1. The van der Waals surface area contributed by atoms with Gasteiger partial charge in [0.15, 0.2) is 7.28 Å². The monoisotopic (exact) mass is 261 g/mol. The lowest BCUT2D eigenvalue weighted by molar-refractivity contribution is -0.383. The molecule has 0 bridgehead atoms. The minimum absolute atomic E-state index is 0.175. The maximum Gasteiger partial charge on any atom is 0.276 e. The summed E-state index contributed by atoms with van der Waals surface area (Å²) in [4.78, 5) is 10.9. The highest BCUT2D eigenvalue weighted by Crippen LogP contribution is 2.23. The van der Waals surface area contributed by atoms with Crippen molar-refractivity contribution in [2.24, 2.45) is 0 Å². The molecule has 3 aromatic carbocycles. The minimum Gasteiger partial charge on any atom is -0.258 e. The van der Waals surface area contributed by atoms with Crippen molar-refractivity contribution in [3.63, 3.8) is 0 Å². The van der Waals surface area contributed by atoms with Crippen LogP contribution >= 0.6 is 0 Å². The van der Waals surface area contributed by atoms with Crippen LogP contribution in [0, 0.1) is 10.1 Å².